The molecule has 1 aromatic heterocycles. The quantitative estimate of drug-likeness (QED) is 0.591. The lowest BCUT2D eigenvalue weighted by atomic mass is 10.1. The molecular weight excluding hydrogens is 433 g/mol. The van der Waals surface area contributed by atoms with Crippen molar-refractivity contribution >= 4 is 27.9 Å². The predicted molar refractivity (Wildman–Crippen MR) is 106 cm³/mol. The van der Waals surface area contributed by atoms with Crippen LogP contribution in [0.3, 0.4) is 0 Å². The van der Waals surface area contributed by atoms with E-state index in [0.717, 1.165) is 18.2 Å². The summed E-state index contributed by atoms with van der Waals surface area (Å²) >= 11 is 0. The molecule has 0 amide bonds. The van der Waals surface area contributed by atoms with E-state index in [1.165, 1.54) is 41.1 Å². The molecule has 1 heterocycles. The van der Waals surface area contributed by atoms with Gasteiger partial charge in [-0.2, -0.15) is 18.4 Å². The van der Waals surface area contributed by atoms with Gasteiger partial charge in [0, 0.05) is 0 Å². The maximum absolute atomic E-state index is 13.2. The second kappa shape index (κ2) is 8.97. The van der Waals surface area contributed by atoms with Gasteiger partial charge in [-0.1, -0.05) is 18.2 Å². The number of sulfonamides is 1. The van der Waals surface area contributed by atoms with Crippen molar-refractivity contribution in [3.8, 4) is 6.07 Å². The Hall–Kier alpha value is -3.72. The van der Waals surface area contributed by atoms with Gasteiger partial charge in [-0.25, -0.2) is 13.1 Å². The molecule has 0 saturated heterocycles. The van der Waals surface area contributed by atoms with Crippen LogP contribution in [0.5, 0.6) is 0 Å². The van der Waals surface area contributed by atoms with Gasteiger partial charge in [-0.3, -0.25) is 4.72 Å². The Kier molecular flexibility index (Phi) is 6.36. The number of alkyl halides is 3. The molecular formula is C19H15F3N6O2S. The molecule has 2 aromatic carbocycles. The number of hydrogen-bond donors (Lipinski definition) is 1. The standard InChI is InChI=1S/C19H15F3N6O2S/c20-19(21,22)15-8-9-17(25-31(29,30)16-5-2-1-3-6-16)14(13-15)7-10-18-24-26-27-28(18)12-4-11-23/h1-3,5-10,13,25H,4,12H2/b10-7+. The van der Waals surface area contributed by atoms with Crippen LogP contribution in [0.2, 0.25) is 0 Å². The van der Waals surface area contributed by atoms with Crippen LogP contribution >= 0.6 is 0 Å². The van der Waals surface area contributed by atoms with Gasteiger partial charge >= 0.3 is 6.18 Å². The number of aryl methyl sites for hydroxylation is 1. The van der Waals surface area contributed by atoms with E-state index >= 15 is 0 Å². The summed E-state index contributed by atoms with van der Waals surface area (Å²) in [6.45, 7) is 0.194. The molecule has 0 bridgehead atoms. The van der Waals surface area contributed by atoms with Gasteiger partial charge in [0.1, 0.15) is 0 Å². The van der Waals surface area contributed by atoms with Gasteiger partial charge in [0.2, 0.25) is 0 Å². The first-order chi connectivity index (χ1) is 14.7. The number of benzene rings is 2. The Balaban J connectivity index is 1.99. The van der Waals surface area contributed by atoms with Crippen molar-refractivity contribution < 1.29 is 21.6 Å². The number of nitrogens with zero attached hydrogens (tertiary/aromatic N) is 5. The minimum Gasteiger partial charge on any atom is -0.279 e. The minimum absolute atomic E-state index is 0.0368. The zero-order valence-electron chi connectivity index (χ0n) is 15.8. The number of nitriles is 1. The van der Waals surface area contributed by atoms with Crippen LogP contribution < -0.4 is 4.72 Å². The number of rotatable bonds is 7. The third kappa shape index (κ3) is 5.46. The van der Waals surface area contributed by atoms with E-state index in [1.54, 1.807) is 6.07 Å². The van der Waals surface area contributed by atoms with Crippen molar-refractivity contribution in [3.05, 3.63) is 65.5 Å². The van der Waals surface area contributed by atoms with Crippen LogP contribution in [-0.4, -0.2) is 28.6 Å². The Bertz CT molecular complexity index is 1230. The molecule has 0 aliphatic rings. The molecule has 8 nitrogen and oxygen atoms in total. The van der Waals surface area contributed by atoms with E-state index in [-0.39, 0.29) is 34.9 Å². The molecule has 31 heavy (non-hydrogen) atoms. The summed E-state index contributed by atoms with van der Waals surface area (Å²) in [4.78, 5) is -0.0368. The topological polar surface area (TPSA) is 114 Å². The molecule has 3 aromatic rings. The highest BCUT2D eigenvalue weighted by molar-refractivity contribution is 7.92. The summed E-state index contributed by atoms with van der Waals surface area (Å²) in [5.74, 6) is 0.199. The van der Waals surface area contributed by atoms with Crippen LogP contribution in [-0.2, 0) is 22.7 Å². The molecule has 0 spiro atoms. The molecule has 1 N–H and O–H groups in total. The highest BCUT2D eigenvalue weighted by atomic mass is 32.2. The van der Waals surface area contributed by atoms with Gasteiger partial charge in [0.25, 0.3) is 10.0 Å². The fourth-order valence-corrected chi connectivity index (χ4v) is 3.69. The largest absolute Gasteiger partial charge is 0.416 e. The lowest BCUT2D eigenvalue weighted by Gasteiger charge is -2.14. The number of hydrogen-bond acceptors (Lipinski definition) is 6. The van der Waals surface area contributed by atoms with Crippen LogP contribution in [0, 0.1) is 11.3 Å². The highest BCUT2D eigenvalue weighted by Crippen LogP contribution is 2.33. The summed E-state index contributed by atoms with van der Waals surface area (Å²) in [7, 11) is -4.02. The molecule has 3 rings (SSSR count). The van der Waals surface area contributed by atoms with Crippen molar-refractivity contribution in [2.45, 2.75) is 24.0 Å². The Labute approximate surface area is 175 Å². The van der Waals surface area contributed by atoms with Gasteiger partial charge in [0.15, 0.2) is 5.82 Å². The summed E-state index contributed by atoms with van der Waals surface area (Å²) in [5.41, 5.74) is -1.04. The number of tetrazole rings is 1. The highest BCUT2D eigenvalue weighted by Gasteiger charge is 2.31. The van der Waals surface area contributed by atoms with E-state index in [1.807, 2.05) is 6.07 Å². The summed E-state index contributed by atoms with van der Waals surface area (Å²) in [6.07, 6.45) is -1.87. The van der Waals surface area contributed by atoms with Gasteiger partial charge in [0.05, 0.1) is 35.2 Å². The van der Waals surface area contributed by atoms with Crippen molar-refractivity contribution in [3.63, 3.8) is 0 Å². The lowest BCUT2D eigenvalue weighted by Crippen LogP contribution is -2.14. The van der Waals surface area contributed by atoms with E-state index in [2.05, 4.69) is 20.2 Å². The van der Waals surface area contributed by atoms with Crippen molar-refractivity contribution in [1.82, 2.24) is 20.2 Å². The van der Waals surface area contributed by atoms with Crippen molar-refractivity contribution in [2.24, 2.45) is 0 Å². The van der Waals surface area contributed by atoms with E-state index in [0.29, 0.717) is 0 Å². The first-order valence-electron chi connectivity index (χ1n) is 8.81. The minimum atomic E-state index is -4.62. The van der Waals surface area contributed by atoms with Crippen molar-refractivity contribution in [2.75, 3.05) is 4.72 Å². The smallest absolute Gasteiger partial charge is 0.279 e. The maximum atomic E-state index is 13.2. The fourth-order valence-electron chi connectivity index (χ4n) is 2.58. The molecule has 0 radical (unpaired) electrons. The molecule has 160 valence electrons. The SMILES string of the molecule is N#CCCn1nnnc1/C=C/c1cc(C(F)(F)F)ccc1NS(=O)(=O)c1ccccc1. The number of anilines is 1. The maximum Gasteiger partial charge on any atom is 0.416 e. The Morgan fingerprint density at radius 2 is 1.87 bits per heavy atom. The second-order valence-corrected chi connectivity index (χ2v) is 7.90. The van der Waals surface area contributed by atoms with E-state index < -0.39 is 21.8 Å². The molecule has 0 unspecified atom stereocenters. The van der Waals surface area contributed by atoms with Crippen LogP contribution in [0.15, 0.2) is 53.4 Å². The predicted octanol–water partition coefficient (Wildman–Crippen LogP) is 3.58. The van der Waals surface area contributed by atoms with Crippen molar-refractivity contribution in [1.29, 1.82) is 5.26 Å². The van der Waals surface area contributed by atoms with Crippen LogP contribution in [0.25, 0.3) is 12.2 Å². The lowest BCUT2D eigenvalue weighted by molar-refractivity contribution is -0.137. The fraction of sp³-hybridized carbons (Fsp3) is 0.158. The third-order valence-electron chi connectivity index (χ3n) is 4.08. The molecule has 0 saturated carbocycles. The van der Waals surface area contributed by atoms with Gasteiger partial charge < -0.3 is 0 Å². The third-order valence-corrected chi connectivity index (χ3v) is 5.47. The normalized spacial score (nSPS) is 12.1. The average molecular weight is 448 g/mol. The first kappa shape index (κ1) is 22.0. The van der Waals surface area contributed by atoms with Gasteiger partial charge in [-0.15, -0.1) is 5.10 Å². The second-order valence-electron chi connectivity index (χ2n) is 6.22. The summed E-state index contributed by atoms with van der Waals surface area (Å²) < 4.78 is 68.4. The molecule has 0 atom stereocenters. The number of aromatic nitrogens is 4. The molecule has 12 heteroatoms. The Morgan fingerprint density at radius 1 is 1.13 bits per heavy atom. The Morgan fingerprint density at radius 3 is 2.55 bits per heavy atom. The zero-order valence-corrected chi connectivity index (χ0v) is 16.6. The van der Waals surface area contributed by atoms with E-state index in [4.69, 9.17) is 5.26 Å². The molecule has 0 fully saturated rings. The summed E-state index contributed by atoms with van der Waals surface area (Å²) in [6, 6.07) is 12.0. The van der Waals surface area contributed by atoms with Gasteiger partial charge in [-0.05, 0) is 58.5 Å². The molecule has 0 aliphatic heterocycles. The van der Waals surface area contributed by atoms with Crippen LogP contribution in [0.1, 0.15) is 23.4 Å². The summed E-state index contributed by atoms with van der Waals surface area (Å²) in [5, 5.41) is 19.6. The number of halogens is 3. The monoisotopic (exact) mass is 448 g/mol. The first-order valence-corrected chi connectivity index (χ1v) is 10.3. The molecule has 0 aliphatic carbocycles. The average Bonchev–Trinajstić information content (AvgIpc) is 3.18. The number of nitrogens with one attached hydrogen (secondary N) is 1. The van der Waals surface area contributed by atoms with Crippen LogP contribution in [0.4, 0.5) is 18.9 Å². The van der Waals surface area contributed by atoms with E-state index in [9.17, 15) is 21.6 Å². The zero-order chi connectivity index (χ0) is 22.5.